The lowest BCUT2D eigenvalue weighted by molar-refractivity contribution is 0.177. The Labute approximate surface area is 163 Å². The maximum absolute atomic E-state index is 13.3. The number of ether oxygens (including phenoxy) is 1. The zero-order chi connectivity index (χ0) is 18.5. The van der Waals surface area contributed by atoms with Gasteiger partial charge < -0.3 is 15.0 Å². The second kappa shape index (κ2) is 8.66. The molecular weight excluding hydrogens is 373 g/mol. The van der Waals surface area contributed by atoms with E-state index < -0.39 is 0 Å². The number of piperazine rings is 1. The van der Waals surface area contributed by atoms with Crippen LogP contribution in [0.4, 0.5) is 10.1 Å². The van der Waals surface area contributed by atoms with Gasteiger partial charge in [-0.3, -0.25) is 4.90 Å². The van der Waals surface area contributed by atoms with Crippen LogP contribution in [0.5, 0.6) is 5.75 Å². The highest BCUT2D eigenvalue weighted by Gasteiger charge is 2.20. The Morgan fingerprint density at radius 2 is 1.92 bits per heavy atom. The van der Waals surface area contributed by atoms with Gasteiger partial charge in [-0.2, -0.15) is 0 Å². The van der Waals surface area contributed by atoms with E-state index in [1.807, 2.05) is 24.3 Å². The van der Waals surface area contributed by atoms with E-state index in [1.165, 1.54) is 6.07 Å². The number of nitrogens with one attached hydrogen (secondary N) is 1. The molecule has 1 aliphatic rings. The van der Waals surface area contributed by atoms with Crippen molar-refractivity contribution in [1.82, 2.24) is 9.80 Å². The Morgan fingerprint density at radius 1 is 1.19 bits per heavy atom. The van der Waals surface area contributed by atoms with Gasteiger partial charge >= 0.3 is 0 Å². The van der Waals surface area contributed by atoms with E-state index in [4.69, 9.17) is 28.6 Å². The summed E-state index contributed by atoms with van der Waals surface area (Å²) in [4.78, 5) is 4.46. The molecule has 0 saturated carbocycles. The zero-order valence-corrected chi connectivity index (χ0v) is 16.1. The SMILES string of the molecule is COc1ccccc1NC(=S)N1CCN(Cc2ccc(F)c(Cl)c2)CC1. The summed E-state index contributed by atoms with van der Waals surface area (Å²) in [7, 11) is 1.64. The minimum absolute atomic E-state index is 0.170. The summed E-state index contributed by atoms with van der Waals surface area (Å²) in [5, 5.41) is 4.13. The fourth-order valence-corrected chi connectivity index (χ4v) is 3.44. The van der Waals surface area contributed by atoms with Gasteiger partial charge in [-0.25, -0.2) is 4.39 Å². The van der Waals surface area contributed by atoms with Crippen molar-refractivity contribution in [2.75, 3.05) is 38.6 Å². The number of para-hydroxylation sites is 2. The molecule has 0 spiro atoms. The second-order valence-electron chi connectivity index (χ2n) is 6.14. The van der Waals surface area contributed by atoms with Crippen molar-refractivity contribution in [3.63, 3.8) is 0 Å². The lowest BCUT2D eigenvalue weighted by Gasteiger charge is -2.36. The van der Waals surface area contributed by atoms with Crippen LogP contribution in [0.3, 0.4) is 0 Å². The quantitative estimate of drug-likeness (QED) is 0.792. The summed E-state index contributed by atoms with van der Waals surface area (Å²) in [5.41, 5.74) is 1.88. The minimum atomic E-state index is -0.381. The molecule has 0 aromatic heterocycles. The Balaban J connectivity index is 1.53. The summed E-state index contributed by atoms with van der Waals surface area (Å²) in [6.07, 6.45) is 0. The number of halogens is 2. The molecule has 0 aliphatic carbocycles. The molecule has 1 heterocycles. The molecule has 0 unspecified atom stereocenters. The van der Waals surface area contributed by atoms with Crippen molar-refractivity contribution in [3.05, 3.63) is 58.9 Å². The third-order valence-corrected chi connectivity index (χ3v) is 5.05. The normalized spacial score (nSPS) is 15.0. The van der Waals surface area contributed by atoms with E-state index in [2.05, 4.69) is 15.1 Å². The molecule has 26 heavy (non-hydrogen) atoms. The summed E-state index contributed by atoms with van der Waals surface area (Å²) < 4.78 is 18.6. The van der Waals surface area contributed by atoms with Gasteiger partial charge in [0.1, 0.15) is 11.6 Å². The summed E-state index contributed by atoms with van der Waals surface area (Å²) >= 11 is 11.4. The van der Waals surface area contributed by atoms with Gasteiger partial charge in [-0.15, -0.1) is 0 Å². The van der Waals surface area contributed by atoms with Gasteiger partial charge in [-0.05, 0) is 42.0 Å². The Kier molecular flexibility index (Phi) is 6.29. The average molecular weight is 394 g/mol. The molecule has 0 radical (unpaired) electrons. The maximum atomic E-state index is 13.3. The van der Waals surface area contributed by atoms with Crippen LogP contribution in [-0.4, -0.2) is 48.2 Å². The number of hydrogen-bond donors (Lipinski definition) is 1. The van der Waals surface area contributed by atoms with Crippen molar-refractivity contribution in [1.29, 1.82) is 0 Å². The predicted molar refractivity (Wildman–Crippen MR) is 107 cm³/mol. The van der Waals surface area contributed by atoms with Crippen LogP contribution < -0.4 is 10.1 Å². The first-order chi connectivity index (χ1) is 12.6. The molecule has 1 aliphatic heterocycles. The third kappa shape index (κ3) is 4.63. The molecule has 4 nitrogen and oxygen atoms in total. The van der Waals surface area contributed by atoms with Crippen LogP contribution in [0, 0.1) is 5.82 Å². The monoisotopic (exact) mass is 393 g/mol. The van der Waals surface area contributed by atoms with Crippen molar-refractivity contribution < 1.29 is 9.13 Å². The largest absolute Gasteiger partial charge is 0.495 e. The van der Waals surface area contributed by atoms with Crippen LogP contribution >= 0.6 is 23.8 Å². The molecule has 7 heteroatoms. The molecule has 2 aromatic carbocycles. The highest BCUT2D eigenvalue weighted by Crippen LogP contribution is 2.24. The van der Waals surface area contributed by atoms with Crippen molar-refractivity contribution in [2.24, 2.45) is 0 Å². The first kappa shape index (κ1) is 18.9. The summed E-state index contributed by atoms with van der Waals surface area (Å²) in [6, 6.07) is 12.6. The molecule has 1 saturated heterocycles. The summed E-state index contributed by atoms with van der Waals surface area (Å²) in [6.45, 7) is 4.16. The topological polar surface area (TPSA) is 27.7 Å². The average Bonchev–Trinajstić information content (AvgIpc) is 2.66. The lowest BCUT2D eigenvalue weighted by Crippen LogP contribution is -2.49. The van der Waals surface area contributed by atoms with E-state index in [-0.39, 0.29) is 10.8 Å². The molecule has 138 valence electrons. The van der Waals surface area contributed by atoms with E-state index in [1.54, 1.807) is 19.2 Å². The first-order valence-corrected chi connectivity index (χ1v) is 9.20. The molecule has 0 bridgehead atoms. The smallest absolute Gasteiger partial charge is 0.173 e. The van der Waals surface area contributed by atoms with Crippen LogP contribution in [0.2, 0.25) is 5.02 Å². The lowest BCUT2D eigenvalue weighted by atomic mass is 10.2. The van der Waals surface area contributed by atoms with Gasteiger partial charge in [0.2, 0.25) is 0 Å². The number of anilines is 1. The maximum Gasteiger partial charge on any atom is 0.173 e. The highest BCUT2D eigenvalue weighted by molar-refractivity contribution is 7.80. The molecule has 3 rings (SSSR count). The minimum Gasteiger partial charge on any atom is -0.495 e. The second-order valence-corrected chi connectivity index (χ2v) is 6.94. The molecule has 0 atom stereocenters. The fraction of sp³-hybridized carbons (Fsp3) is 0.316. The van der Waals surface area contributed by atoms with E-state index in [9.17, 15) is 4.39 Å². The molecule has 1 fully saturated rings. The Hall–Kier alpha value is -1.89. The number of nitrogens with zero attached hydrogens (tertiary/aromatic N) is 2. The van der Waals surface area contributed by atoms with Gasteiger partial charge in [0.25, 0.3) is 0 Å². The van der Waals surface area contributed by atoms with Crippen LogP contribution in [-0.2, 0) is 6.54 Å². The predicted octanol–water partition coefficient (Wildman–Crippen LogP) is 4.00. The van der Waals surface area contributed by atoms with Gasteiger partial charge in [0, 0.05) is 32.7 Å². The van der Waals surface area contributed by atoms with Crippen LogP contribution in [0.25, 0.3) is 0 Å². The number of methoxy groups -OCH3 is 1. The van der Waals surface area contributed by atoms with Gasteiger partial charge in [-0.1, -0.05) is 29.8 Å². The molecular formula is C19H21ClFN3OS. The fourth-order valence-electron chi connectivity index (χ4n) is 2.95. The van der Waals surface area contributed by atoms with Crippen molar-refractivity contribution in [3.8, 4) is 5.75 Å². The first-order valence-electron chi connectivity index (χ1n) is 8.42. The zero-order valence-electron chi connectivity index (χ0n) is 14.5. The van der Waals surface area contributed by atoms with E-state index >= 15 is 0 Å². The number of hydrogen-bond acceptors (Lipinski definition) is 3. The molecule has 2 aromatic rings. The van der Waals surface area contributed by atoms with Crippen molar-refractivity contribution in [2.45, 2.75) is 6.54 Å². The standard InChI is InChI=1S/C19H21ClFN3OS/c1-25-18-5-3-2-4-17(18)22-19(26)24-10-8-23(9-11-24)13-14-6-7-16(21)15(20)12-14/h2-7,12H,8-11,13H2,1H3,(H,22,26). The van der Waals surface area contributed by atoms with Crippen LogP contribution in [0.15, 0.2) is 42.5 Å². The summed E-state index contributed by atoms with van der Waals surface area (Å²) in [5.74, 6) is 0.384. The molecule has 0 amide bonds. The Bertz CT molecular complexity index is 781. The Morgan fingerprint density at radius 3 is 2.62 bits per heavy atom. The van der Waals surface area contributed by atoms with E-state index in [0.29, 0.717) is 5.11 Å². The van der Waals surface area contributed by atoms with Crippen LogP contribution in [0.1, 0.15) is 5.56 Å². The molecule has 1 N–H and O–H groups in total. The highest BCUT2D eigenvalue weighted by atomic mass is 35.5. The van der Waals surface area contributed by atoms with Gasteiger partial charge in [0.15, 0.2) is 5.11 Å². The van der Waals surface area contributed by atoms with E-state index in [0.717, 1.165) is 49.7 Å². The number of rotatable bonds is 4. The van der Waals surface area contributed by atoms with Crippen molar-refractivity contribution >= 4 is 34.6 Å². The number of benzene rings is 2. The number of thiocarbonyl (C=S) groups is 1. The van der Waals surface area contributed by atoms with Gasteiger partial charge in [0.05, 0.1) is 17.8 Å². The third-order valence-electron chi connectivity index (χ3n) is 4.40.